The van der Waals surface area contributed by atoms with Crippen LogP contribution in [0.2, 0.25) is 15.1 Å². The number of hydrogen-bond acceptors (Lipinski definition) is 19. The molecule has 4 aromatic carbocycles. The number of thiophene rings is 1. The molecular formula is C89H97Cl3F4N12O13S3. The summed E-state index contributed by atoms with van der Waals surface area (Å²) < 4.78 is 77.6. The molecule has 0 saturated heterocycles. The zero-order valence-corrected chi connectivity index (χ0v) is 73.4. The van der Waals surface area contributed by atoms with Gasteiger partial charge in [0.15, 0.2) is 32.1 Å². The maximum Gasteiger partial charge on any atom is 0.272 e. The predicted molar refractivity (Wildman–Crippen MR) is 461 cm³/mol. The Hall–Kier alpha value is -9.96. The van der Waals surface area contributed by atoms with Crippen LogP contribution in [0.3, 0.4) is 0 Å². The van der Waals surface area contributed by atoms with Crippen LogP contribution in [-0.2, 0) is 19.2 Å². The Kier molecular flexibility index (Phi) is 27.4. The van der Waals surface area contributed by atoms with Gasteiger partial charge < -0.3 is 66.6 Å². The Morgan fingerprint density at radius 2 is 0.855 bits per heavy atom. The number of carbonyl (C=O) groups is 8. The smallest absolute Gasteiger partial charge is 0.272 e. The van der Waals surface area contributed by atoms with E-state index in [-0.39, 0.29) is 163 Å². The van der Waals surface area contributed by atoms with Crippen molar-refractivity contribution in [3.8, 4) is 23.0 Å². The highest BCUT2D eigenvalue weighted by molar-refractivity contribution is 7.11. The number of aliphatic hydroxyl groups excluding tert-OH is 1. The first kappa shape index (κ1) is 90.3. The van der Waals surface area contributed by atoms with Gasteiger partial charge in [-0.25, -0.2) is 27.1 Å². The summed E-state index contributed by atoms with van der Waals surface area (Å²) in [5, 5.41) is 46.0. The van der Waals surface area contributed by atoms with Crippen molar-refractivity contribution >= 4 is 122 Å². The molecule has 0 radical (unpaired) electrons. The number of halogens is 7. The Bertz CT molecular complexity index is 4990. The number of amides is 8. The number of carbonyl (C=O) groups excluding carboxylic acids is 8. The quantitative estimate of drug-likeness (QED) is 0.0254. The molecule has 0 spiro atoms. The van der Waals surface area contributed by atoms with Gasteiger partial charge in [0.05, 0.1) is 55.0 Å². The van der Waals surface area contributed by atoms with E-state index in [0.717, 1.165) is 114 Å². The van der Waals surface area contributed by atoms with Crippen molar-refractivity contribution in [3.63, 3.8) is 0 Å². The molecule has 25 nitrogen and oxygen atoms in total. The molecule has 12 fully saturated rings. The summed E-state index contributed by atoms with van der Waals surface area (Å²) in [5.74, 6) is -2.04. The third-order valence-electron chi connectivity index (χ3n) is 26.6. The molecule has 124 heavy (non-hydrogen) atoms. The van der Waals surface area contributed by atoms with E-state index < -0.39 is 40.5 Å². The molecule has 12 aliphatic carbocycles. The molecule has 21 rings (SSSR count). The molecule has 4 unspecified atom stereocenters. The van der Waals surface area contributed by atoms with Gasteiger partial charge in [0.2, 0.25) is 0 Å². The number of aliphatic hydroxyl groups is 1. The number of pyridine rings is 1. The topological polar surface area (TPSA) is 333 Å². The number of benzene rings is 4. The monoisotopic (exact) mass is 1820 g/mol. The van der Waals surface area contributed by atoms with Gasteiger partial charge in [0.1, 0.15) is 56.8 Å². The van der Waals surface area contributed by atoms with E-state index in [1.165, 1.54) is 82.5 Å². The van der Waals surface area contributed by atoms with Crippen molar-refractivity contribution in [2.75, 3.05) is 26.4 Å². The Balaban J connectivity index is 0.000000135. The summed E-state index contributed by atoms with van der Waals surface area (Å²) in [6.07, 6.45) is 17.3. The molecule has 5 aromatic heterocycles. The zero-order chi connectivity index (χ0) is 88.0. The number of hydrogen-bond donors (Lipinski definition) is 9. The molecule has 8 amide bonds. The normalized spacial score (nSPS) is 27.0. The lowest BCUT2D eigenvalue weighted by atomic mass is 9.56. The van der Waals surface area contributed by atoms with E-state index in [0.29, 0.717) is 59.5 Å². The highest BCUT2D eigenvalue weighted by atomic mass is 35.5. The summed E-state index contributed by atoms with van der Waals surface area (Å²) in [6, 6.07) is 25.9. The largest absolute Gasteiger partial charge is 0.484 e. The molecule has 658 valence electrons. The van der Waals surface area contributed by atoms with E-state index in [9.17, 15) is 61.0 Å². The Morgan fingerprint density at radius 3 is 1.23 bits per heavy atom. The first-order valence-electron chi connectivity index (χ1n) is 41.3. The fraction of sp³-hybridized carbons (Fsp3) is 0.449. The second kappa shape index (κ2) is 37.7. The fourth-order valence-electron chi connectivity index (χ4n) is 19.4. The SMILES string of the molecule is CC1CC2(NC(=O)c3ccsc3)CCC1(NC(=O)COc1ccc(Cl)c(F)c1)CC2.CC1CC2(NC(=O)c3cncs3)CCC1(NC(=O)COc1ccc(Cl)c(F)c1)CC2.CC1CC2(NC(=O)c3cscn3)CCC1(NC(=O)COc1ccc(Cl)c(F)c1)CC2.Cc1ccc(OCC(=O)NC23CCC(NC(=O)c4cc5ccccn5n4)(CC2)CC3O)cc1F. The van der Waals surface area contributed by atoms with Crippen LogP contribution in [0.5, 0.6) is 23.0 Å². The van der Waals surface area contributed by atoms with E-state index in [4.69, 9.17) is 53.8 Å². The molecule has 12 aliphatic rings. The number of nitrogens with one attached hydrogen (secondary N) is 8. The molecule has 9 N–H and O–H groups in total. The summed E-state index contributed by atoms with van der Waals surface area (Å²) in [5.41, 5.74) is 3.24. The van der Waals surface area contributed by atoms with Crippen molar-refractivity contribution in [1.82, 2.24) is 62.1 Å². The van der Waals surface area contributed by atoms with Crippen LogP contribution >= 0.6 is 68.8 Å². The number of fused-ring (bicyclic) bond motifs is 13. The van der Waals surface area contributed by atoms with Crippen molar-refractivity contribution in [1.29, 1.82) is 0 Å². The second-order valence-electron chi connectivity index (χ2n) is 34.4. The van der Waals surface area contributed by atoms with Crippen LogP contribution in [0.25, 0.3) is 5.52 Å². The molecule has 0 aliphatic heterocycles. The number of ether oxygens (including phenoxy) is 4. The lowest BCUT2D eigenvalue weighted by Gasteiger charge is -2.57. The van der Waals surface area contributed by atoms with Gasteiger partial charge in [-0.1, -0.05) is 67.7 Å². The van der Waals surface area contributed by atoms with Gasteiger partial charge in [-0.3, -0.25) is 43.3 Å². The minimum absolute atomic E-state index is 0.00859. The molecular weight excluding hydrogens is 1720 g/mol. The summed E-state index contributed by atoms with van der Waals surface area (Å²) in [4.78, 5) is 109. The van der Waals surface area contributed by atoms with E-state index in [1.807, 2.05) is 35.0 Å². The van der Waals surface area contributed by atoms with Gasteiger partial charge in [-0.05, 0) is 231 Å². The van der Waals surface area contributed by atoms with Gasteiger partial charge in [0, 0.05) is 80.0 Å². The van der Waals surface area contributed by atoms with Gasteiger partial charge in [0.25, 0.3) is 47.3 Å². The fourth-order valence-corrected chi connectivity index (χ4v) is 21.5. The number of aromatic nitrogens is 4. The minimum Gasteiger partial charge on any atom is -0.484 e. The lowest BCUT2D eigenvalue weighted by Crippen LogP contribution is -2.70. The average molecular weight is 1820 g/mol. The summed E-state index contributed by atoms with van der Waals surface area (Å²) in [6.45, 7) is 7.16. The number of nitrogens with zero attached hydrogens (tertiary/aromatic N) is 4. The maximum atomic E-state index is 13.7. The molecule has 8 bridgehead atoms. The maximum absolute atomic E-state index is 13.7. The highest BCUT2D eigenvalue weighted by Gasteiger charge is 2.59. The Morgan fingerprint density at radius 1 is 0.452 bits per heavy atom. The molecule has 12 saturated carbocycles. The van der Waals surface area contributed by atoms with Crippen molar-refractivity contribution in [2.24, 2.45) is 17.8 Å². The number of aryl methyl sites for hydroxylation is 1. The van der Waals surface area contributed by atoms with E-state index >= 15 is 0 Å². The van der Waals surface area contributed by atoms with Gasteiger partial charge in [-0.2, -0.15) is 16.4 Å². The first-order chi connectivity index (χ1) is 59.2. The number of rotatable bonds is 24. The third kappa shape index (κ3) is 20.7. The van der Waals surface area contributed by atoms with Crippen LogP contribution < -0.4 is 61.5 Å². The predicted octanol–water partition coefficient (Wildman–Crippen LogP) is 15.0. The lowest BCUT2D eigenvalue weighted by molar-refractivity contribution is -0.132. The third-order valence-corrected chi connectivity index (χ3v) is 29.6. The summed E-state index contributed by atoms with van der Waals surface area (Å²) >= 11 is 21.2. The molecule has 5 heterocycles. The molecule has 9 aromatic rings. The van der Waals surface area contributed by atoms with Crippen molar-refractivity contribution in [2.45, 2.75) is 207 Å². The van der Waals surface area contributed by atoms with Crippen LogP contribution in [0.15, 0.2) is 143 Å². The van der Waals surface area contributed by atoms with E-state index in [2.05, 4.69) is 78.4 Å². The van der Waals surface area contributed by atoms with Crippen LogP contribution in [-0.4, -0.2) is 149 Å². The van der Waals surface area contributed by atoms with Gasteiger partial charge in [-0.15, -0.1) is 22.7 Å². The number of thiazole rings is 2. The van der Waals surface area contributed by atoms with Crippen LogP contribution in [0, 0.1) is 47.9 Å². The average Bonchev–Trinajstić information content (AvgIpc) is 0.866. The minimum atomic E-state index is -0.808. The van der Waals surface area contributed by atoms with Crippen LogP contribution in [0.1, 0.15) is 196 Å². The summed E-state index contributed by atoms with van der Waals surface area (Å²) in [7, 11) is 0. The van der Waals surface area contributed by atoms with Crippen LogP contribution in [0.4, 0.5) is 17.6 Å². The Labute approximate surface area is 740 Å². The molecule has 35 heteroatoms. The first-order valence-corrected chi connectivity index (χ1v) is 45.2. The zero-order valence-electron chi connectivity index (χ0n) is 68.6. The van der Waals surface area contributed by atoms with Crippen molar-refractivity contribution < 1.29 is 80.0 Å². The standard InChI is InChI=1S/C25H27FN4O4.C22H24ClFN2O3S.2C21H23ClFN3O3S/c1-16-5-6-18(13-19(16)26)34-15-22(32)27-25-9-7-24(8-10-25,14-21(25)31)28-23(33)20-12-17-4-2-3-11-30(17)29-20;1-14-11-21(26-20(28)15-4-9-30-13-15)5-7-22(14,8-6-21)25-19(27)12-29-16-2-3-17(23)18(24)10-16;1-13-9-20(26-19(28)17-11-30-12-24-17)4-6-21(13,7-5-20)25-18(27)10-29-14-2-3-15(22)16(23)8-14;1-13-9-20(26-19(28)17-10-24-12-30-17)4-6-21(13,7-5-20)25-18(27)11-29-14-2-3-15(22)16(23)8-14/h2-6,11-13,21,31H,7-10,14-15H2,1H3,(H,27,32)(H,28,33);2-4,9-10,13-14H,5-8,11-12H2,1H3,(H,25,27)(H,26,28);2-3,8,11-13H,4-7,9-10H2,1H3,(H,25,27)(H,26,28);2-3,8,10,12-13H,4-7,9,11H2,1H3,(H,25,27)(H,26,28). The highest BCUT2D eigenvalue weighted by Crippen LogP contribution is 2.54. The molecule has 4 atom stereocenters. The van der Waals surface area contributed by atoms with Crippen molar-refractivity contribution in [3.05, 3.63) is 208 Å². The van der Waals surface area contributed by atoms with E-state index in [1.54, 1.807) is 58.4 Å². The van der Waals surface area contributed by atoms with Gasteiger partial charge >= 0.3 is 0 Å². The second-order valence-corrected chi connectivity index (χ2v) is 38.0.